The van der Waals surface area contributed by atoms with Gasteiger partial charge in [-0.1, -0.05) is 30.3 Å². The van der Waals surface area contributed by atoms with E-state index < -0.39 is 9.05 Å². The molecule has 0 unspecified atom stereocenters. The van der Waals surface area contributed by atoms with Crippen molar-refractivity contribution in [3.8, 4) is 0 Å². The summed E-state index contributed by atoms with van der Waals surface area (Å²) in [5.41, 5.74) is 1.08. The molecule has 0 aliphatic carbocycles. The molecule has 1 aromatic carbocycles. The minimum Gasteiger partial charge on any atom is -0.377 e. The van der Waals surface area contributed by atoms with Gasteiger partial charge in [0.05, 0.1) is 12.4 Å². The third-order valence-corrected chi connectivity index (χ3v) is 3.03. The van der Waals surface area contributed by atoms with Gasteiger partial charge in [0.2, 0.25) is 9.05 Å². The first-order valence-electron chi connectivity index (χ1n) is 4.62. The topological polar surface area (TPSA) is 43.4 Å². The van der Waals surface area contributed by atoms with Crippen molar-refractivity contribution in [3.63, 3.8) is 0 Å². The van der Waals surface area contributed by atoms with Gasteiger partial charge in [0.1, 0.15) is 0 Å². The van der Waals surface area contributed by atoms with Crippen molar-refractivity contribution < 1.29 is 13.2 Å². The number of ether oxygens (including phenoxy) is 1. The van der Waals surface area contributed by atoms with Crippen LogP contribution in [0.2, 0.25) is 0 Å². The van der Waals surface area contributed by atoms with Crippen LogP contribution >= 0.6 is 10.7 Å². The zero-order valence-corrected chi connectivity index (χ0v) is 9.80. The summed E-state index contributed by atoms with van der Waals surface area (Å²) in [6.45, 7) is 0.907. The standard InChI is InChI=1S/C10H13ClO3S/c11-15(12,13)8-4-7-14-9-10-5-2-1-3-6-10/h1-3,5-6H,4,7-9H2. The lowest BCUT2D eigenvalue weighted by molar-refractivity contribution is 0.122. The van der Waals surface area contributed by atoms with Crippen LogP contribution in [0.3, 0.4) is 0 Å². The molecule has 0 radical (unpaired) electrons. The lowest BCUT2D eigenvalue weighted by atomic mass is 10.2. The van der Waals surface area contributed by atoms with Gasteiger partial charge in [0.25, 0.3) is 0 Å². The third-order valence-electron chi connectivity index (χ3n) is 1.79. The second-order valence-corrected chi connectivity index (χ2v) is 6.03. The lowest BCUT2D eigenvalue weighted by Gasteiger charge is -2.02. The predicted molar refractivity (Wildman–Crippen MR) is 60.4 cm³/mol. The van der Waals surface area contributed by atoms with Gasteiger partial charge < -0.3 is 4.74 Å². The summed E-state index contributed by atoms with van der Waals surface area (Å²) >= 11 is 0. The second kappa shape index (κ2) is 6.10. The molecule has 0 spiro atoms. The van der Waals surface area contributed by atoms with Crippen LogP contribution in [-0.4, -0.2) is 20.8 Å². The molecule has 0 heterocycles. The van der Waals surface area contributed by atoms with Gasteiger partial charge in [0.15, 0.2) is 0 Å². The number of hydrogen-bond donors (Lipinski definition) is 0. The second-order valence-electron chi connectivity index (χ2n) is 3.13. The molecule has 0 aliphatic rings. The van der Waals surface area contributed by atoms with Crippen molar-refractivity contribution in [2.24, 2.45) is 0 Å². The summed E-state index contributed by atoms with van der Waals surface area (Å²) in [5, 5.41) is 0. The van der Waals surface area contributed by atoms with Crippen molar-refractivity contribution in [3.05, 3.63) is 35.9 Å². The molecule has 0 N–H and O–H groups in total. The molecule has 5 heteroatoms. The molecular formula is C10H13ClO3S. The maximum atomic E-state index is 10.6. The van der Waals surface area contributed by atoms with Gasteiger partial charge in [-0.15, -0.1) is 0 Å². The predicted octanol–water partition coefficient (Wildman–Crippen LogP) is 2.16. The van der Waals surface area contributed by atoms with Crippen LogP contribution in [0.4, 0.5) is 0 Å². The number of halogens is 1. The molecule has 0 saturated carbocycles. The van der Waals surface area contributed by atoms with Crippen LogP contribution in [0.15, 0.2) is 30.3 Å². The van der Waals surface area contributed by atoms with Gasteiger partial charge >= 0.3 is 0 Å². The summed E-state index contributed by atoms with van der Waals surface area (Å²) in [6.07, 6.45) is 0.429. The highest BCUT2D eigenvalue weighted by molar-refractivity contribution is 8.13. The fraction of sp³-hybridized carbons (Fsp3) is 0.400. The molecule has 0 fully saturated rings. The number of hydrogen-bond acceptors (Lipinski definition) is 3. The molecule has 3 nitrogen and oxygen atoms in total. The zero-order chi connectivity index (χ0) is 11.1. The Labute approximate surface area is 94.4 Å². The van der Waals surface area contributed by atoms with Gasteiger partial charge in [0, 0.05) is 17.3 Å². The average molecular weight is 249 g/mol. The average Bonchev–Trinajstić information content (AvgIpc) is 2.17. The van der Waals surface area contributed by atoms with Crippen LogP contribution in [0.1, 0.15) is 12.0 Å². The van der Waals surface area contributed by atoms with E-state index in [1.54, 1.807) is 0 Å². The molecule has 0 atom stereocenters. The summed E-state index contributed by atoms with van der Waals surface area (Å²) in [4.78, 5) is 0. The maximum absolute atomic E-state index is 10.6. The molecule has 15 heavy (non-hydrogen) atoms. The number of rotatable bonds is 6. The summed E-state index contributed by atoms with van der Waals surface area (Å²) in [6, 6.07) is 9.71. The molecule has 0 bridgehead atoms. The van der Waals surface area contributed by atoms with Crippen LogP contribution in [0, 0.1) is 0 Å². The highest BCUT2D eigenvalue weighted by Crippen LogP contribution is 2.02. The normalized spacial score (nSPS) is 11.5. The lowest BCUT2D eigenvalue weighted by Crippen LogP contribution is -2.02. The minimum atomic E-state index is -3.38. The molecule has 84 valence electrons. The molecule has 0 aliphatic heterocycles. The van der Waals surface area contributed by atoms with E-state index in [4.69, 9.17) is 15.4 Å². The minimum absolute atomic E-state index is 0.0383. The van der Waals surface area contributed by atoms with E-state index >= 15 is 0 Å². The summed E-state index contributed by atoms with van der Waals surface area (Å²) < 4.78 is 26.4. The Morgan fingerprint density at radius 3 is 2.47 bits per heavy atom. The SMILES string of the molecule is O=S(=O)(Cl)CCCOCc1ccccc1. The smallest absolute Gasteiger partial charge is 0.232 e. The van der Waals surface area contributed by atoms with Crippen molar-refractivity contribution in [2.45, 2.75) is 13.0 Å². The first-order valence-corrected chi connectivity index (χ1v) is 7.10. The van der Waals surface area contributed by atoms with Crippen molar-refractivity contribution in [1.29, 1.82) is 0 Å². The van der Waals surface area contributed by atoms with Gasteiger partial charge in [-0.05, 0) is 12.0 Å². The van der Waals surface area contributed by atoms with Crippen molar-refractivity contribution >= 4 is 19.7 Å². The Hall–Kier alpha value is -0.580. The summed E-state index contributed by atoms with van der Waals surface area (Å²) in [5.74, 6) is -0.0383. The first kappa shape index (κ1) is 12.5. The van der Waals surface area contributed by atoms with Gasteiger partial charge in [-0.25, -0.2) is 8.42 Å². The molecular weight excluding hydrogens is 236 g/mol. The van der Waals surface area contributed by atoms with E-state index in [0.717, 1.165) is 5.56 Å². The van der Waals surface area contributed by atoms with Crippen molar-refractivity contribution in [2.75, 3.05) is 12.4 Å². The Morgan fingerprint density at radius 1 is 1.20 bits per heavy atom. The highest BCUT2D eigenvalue weighted by Gasteiger charge is 2.03. The fourth-order valence-corrected chi connectivity index (χ4v) is 1.89. The fourth-order valence-electron chi connectivity index (χ4n) is 1.10. The molecule has 0 amide bonds. The van der Waals surface area contributed by atoms with Crippen molar-refractivity contribution in [1.82, 2.24) is 0 Å². The van der Waals surface area contributed by atoms with E-state index in [-0.39, 0.29) is 5.75 Å². The highest BCUT2D eigenvalue weighted by atomic mass is 35.7. The largest absolute Gasteiger partial charge is 0.377 e. The molecule has 1 aromatic rings. The Kier molecular flexibility index (Phi) is 5.08. The Morgan fingerprint density at radius 2 is 1.87 bits per heavy atom. The van der Waals surface area contributed by atoms with E-state index in [1.165, 1.54) is 0 Å². The van der Waals surface area contributed by atoms with Crippen LogP contribution in [0.5, 0.6) is 0 Å². The van der Waals surface area contributed by atoms with E-state index in [1.807, 2.05) is 30.3 Å². The third kappa shape index (κ3) is 6.49. The van der Waals surface area contributed by atoms with Gasteiger partial charge in [-0.3, -0.25) is 0 Å². The van der Waals surface area contributed by atoms with E-state index in [2.05, 4.69) is 0 Å². The first-order chi connectivity index (χ1) is 7.08. The monoisotopic (exact) mass is 248 g/mol. The van der Waals surface area contributed by atoms with E-state index in [0.29, 0.717) is 19.6 Å². The molecule has 0 aromatic heterocycles. The zero-order valence-electron chi connectivity index (χ0n) is 8.23. The Bertz CT molecular complexity index is 375. The molecule has 0 saturated heterocycles. The number of benzene rings is 1. The summed E-state index contributed by atoms with van der Waals surface area (Å²) in [7, 11) is 1.67. The maximum Gasteiger partial charge on any atom is 0.232 e. The Balaban J connectivity index is 2.13. The molecule has 1 rings (SSSR count). The van der Waals surface area contributed by atoms with Crippen LogP contribution < -0.4 is 0 Å². The van der Waals surface area contributed by atoms with Gasteiger partial charge in [-0.2, -0.15) is 0 Å². The van der Waals surface area contributed by atoms with E-state index in [9.17, 15) is 8.42 Å². The van der Waals surface area contributed by atoms with Crippen LogP contribution in [0.25, 0.3) is 0 Å². The quantitative estimate of drug-likeness (QED) is 0.572. The van der Waals surface area contributed by atoms with Crippen LogP contribution in [-0.2, 0) is 20.4 Å².